The maximum absolute atomic E-state index is 12.0. The topological polar surface area (TPSA) is 46.9 Å². The van der Waals surface area contributed by atoms with Crippen LogP contribution in [0.5, 0.6) is 0 Å². The molecule has 18 heavy (non-hydrogen) atoms. The molecule has 0 spiro atoms. The maximum atomic E-state index is 12.0. The smallest absolute Gasteiger partial charge is 0.266 e. The second kappa shape index (κ2) is 4.57. The molecule has 2 aromatic heterocycles. The van der Waals surface area contributed by atoms with Gasteiger partial charge < -0.3 is 5.32 Å². The Morgan fingerprint density at radius 3 is 3.11 bits per heavy atom. The molecule has 0 radical (unpaired) electrons. The van der Waals surface area contributed by atoms with Gasteiger partial charge in [-0.3, -0.25) is 9.48 Å². The number of thiophene rings is 1. The minimum Gasteiger partial charge on any atom is -0.319 e. The van der Waals surface area contributed by atoms with Crippen molar-refractivity contribution in [2.24, 2.45) is 5.92 Å². The van der Waals surface area contributed by atoms with Crippen LogP contribution < -0.4 is 5.32 Å². The summed E-state index contributed by atoms with van der Waals surface area (Å²) in [4.78, 5) is 12.8. The third-order valence-electron chi connectivity index (χ3n) is 3.10. The third kappa shape index (κ3) is 2.46. The quantitative estimate of drug-likeness (QED) is 0.919. The first-order chi connectivity index (χ1) is 8.72. The van der Waals surface area contributed by atoms with Crippen molar-refractivity contribution >= 4 is 22.9 Å². The summed E-state index contributed by atoms with van der Waals surface area (Å²) in [6, 6.07) is 1.95. The summed E-state index contributed by atoms with van der Waals surface area (Å²) in [6.07, 6.45) is 6.22. The molecule has 1 N–H and O–H groups in total. The molecule has 94 valence electrons. The average Bonchev–Trinajstić information content (AvgIpc) is 2.85. The van der Waals surface area contributed by atoms with Crippen LogP contribution in [0.1, 0.15) is 28.1 Å². The standard InChI is InChI=1S/C13H15N3OS/c1-9-4-5-18-12(9)13(17)15-11-6-14-16(8-11)7-10-2-3-10/h4-6,8,10H,2-3,7H2,1H3,(H,15,17). The summed E-state index contributed by atoms with van der Waals surface area (Å²) in [5, 5.41) is 9.08. The average molecular weight is 261 g/mol. The van der Waals surface area contributed by atoms with E-state index < -0.39 is 0 Å². The van der Waals surface area contributed by atoms with E-state index in [1.807, 2.05) is 29.2 Å². The van der Waals surface area contributed by atoms with Gasteiger partial charge in [0, 0.05) is 12.7 Å². The summed E-state index contributed by atoms with van der Waals surface area (Å²) in [5.41, 5.74) is 1.79. The molecule has 0 aromatic carbocycles. The zero-order valence-electron chi connectivity index (χ0n) is 10.2. The summed E-state index contributed by atoms with van der Waals surface area (Å²) in [6.45, 7) is 2.91. The van der Waals surface area contributed by atoms with E-state index in [1.165, 1.54) is 24.2 Å². The maximum Gasteiger partial charge on any atom is 0.266 e. The molecule has 2 aromatic rings. The highest BCUT2D eigenvalue weighted by molar-refractivity contribution is 7.12. The van der Waals surface area contributed by atoms with Crippen LogP contribution >= 0.6 is 11.3 Å². The van der Waals surface area contributed by atoms with E-state index in [2.05, 4.69) is 10.4 Å². The Balaban J connectivity index is 1.66. The van der Waals surface area contributed by atoms with Gasteiger partial charge in [-0.05, 0) is 42.7 Å². The highest BCUT2D eigenvalue weighted by atomic mass is 32.1. The molecule has 2 heterocycles. The highest BCUT2D eigenvalue weighted by Gasteiger charge is 2.22. The van der Waals surface area contributed by atoms with Crippen molar-refractivity contribution in [2.45, 2.75) is 26.3 Å². The zero-order valence-corrected chi connectivity index (χ0v) is 11.0. The van der Waals surface area contributed by atoms with E-state index in [0.29, 0.717) is 0 Å². The molecule has 5 heteroatoms. The number of carbonyl (C=O) groups is 1. The van der Waals surface area contributed by atoms with Crippen LogP contribution in [0.15, 0.2) is 23.8 Å². The molecule has 4 nitrogen and oxygen atoms in total. The Kier molecular flexibility index (Phi) is 2.91. The Labute approximate surface area is 110 Å². The third-order valence-corrected chi connectivity index (χ3v) is 4.12. The fourth-order valence-corrected chi connectivity index (χ4v) is 2.71. The van der Waals surface area contributed by atoms with Crippen LogP contribution in [0.4, 0.5) is 5.69 Å². The fourth-order valence-electron chi connectivity index (χ4n) is 1.89. The molecule has 1 amide bonds. The lowest BCUT2D eigenvalue weighted by Gasteiger charge is -2.01. The first-order valence-electron chi connectivity index (χ1n) is 6.10. The number of aromatic nitrogens is 2. The van der Waals surface area contributed by atoms with E-state index in [0.717, 1.165) is 28.6 Å². The molecule has 1 aliphatic rings. The summed E-state index contributed by atoms with van der Waals surface area (Å²) < 4.78 is 1.91. The van der Waals surface area contributed by atoms with Gasteiger partial charge in [0.2, 0.25) is 0 Å². The number of nitrogens with zero attached hydrogens (tertiary/aromatic N) is 2. The van der Waals surface area contributed by atoms with Crippen molar-refractivity contribution in [1.29, 1.82) is 0 Å². The van der Waals surface area contributed by atoms with Crippen LogP contribution in [0.25, 0.3) is 0 Å². The van der Waals surface area contributed by atoms with Crippen LogP contribution in [0.2, 0.25) is 0 Å². The van der Waals surface area contributed by atoms with Crippen molar-refractivity contribution in [3.8, 4) is 0 Å². The second-order valence-corrected chi connectivity index (χ2v) is 5.70. The molecule has 0 unspecified atom stereocenters. The Hall–Kier alpha value is -1.62. The number of rotatable bonds is 4. The molecular formula is C13H15N3OS. The minimum absolute atomic E-state index is 0.0477. The summed E-state index contributed by atoms with van der Waals surface area (Å²) in [7, 11) is 0. The molecule has 0 atom stereocenters. The van der Waals surface area contributed by atoms with Gasteiger partial charge in [0.1, 0.15) is 0 Å². The zero-order chi connectivity index (χ0) is 12.5. The van der Waals surface area contributed by atoms with Gasteiger partial charge >= 0.3 is 0 Å². The predicted octanol–water partition coefficient (Wildman–Crippen LogP) is 2.92. The van der Waals surface area contributed by atoms with E-state index in [1.54, 1.807) is 6.20 Å². The van der Waals surface area contributed by atoms with E-state index >= 15 is 0 Å². The van der Waals surface area contributed by atoms with Crippen LogP contribution in [-0.4, -0.2) is 15.7 Å². The van der Waals surface area contributed by atoms with E-state index in [9.17, 15) is 4.79 Å². The largest absolute Gasteiger partial charge is 0.319 e. The van der Waals surface area contributed by atoms with Gasteiger partial charge in [-0.15, -0.1) is 11.3 Å². The normalized spacial score (nSPS) is 14.7. The Morgan fingerprint density at radius 1 is 1.61 bits per heavy atom. The van der Waals surface area contributed by atoms with E-state index in [4.69, 9.17) is 0 Å². The number of nitrogens with one attached hydrogen (secondary N) is 1. The molecule has 1 aliphatic carbocycles. The lowest BCUT2D eigenvalue weighted by molar-refractivity contribution is 0.103. The van der Waals surface area contributed by atoms with Gasteiger partial charge in [0.15, 0.2) is 0 Å². The number of carbonyl (C=O) groups excluding carboxylic acids is 1. The Morgan fingerprint density at radius 2 is 2.44 bits per heavy atom. The first kappa shape index (κ1) is 11.5. The van der Waals surface area contributed by atoms with Crippen LogP contribution in [0, 0.1) is 12.8 Å². The predicted molar refractivity (Wildman–Crippen MR) is 72.0 cm³/mol. The number of aryl methyl sites for hydroxylation is 1. The van der Waals surface area contributed by atoms with Gasteiger partial charge in [0.25, 0.3) is 5.91 Å². The van der Waals surface area contributed by atoms with Crippen LogP contribution in [0.3, 0.4) is 0 Å². The van der Waals surface area contributed by atoms with Crippen molar-refractivity contribution in [1.82, 2.24) is 9.78 Å². The summed E-state index contributed by atoms with van der Waals surface area (Å²) >= 11 is 1.47. The molecule has 0 saturated heterocycles. The number of amides is 1. The van der Waals surface area contributed by atoms with Crippen molar-refractivity contribution in [3.05, 3.63) is 34.3 Å². The first-order valence-corrected chi connectivity index (χ1v) is 6.98. The lowest BCUT2D eigenvalue weighted by Crippen LogP contribution is -2.10. The number of hydrogen-bond acceptors (Lipinski definition) is 3. The van der Waals surface area contributed by atoms with Crippen molar-refractivity contribution in [2.75, 3.05) is 5.32 Å². The fraction of sp³-hybridized carbons (Fsp3) is 0.385. The molecular weight excluding hydrogens is 246 g/mol. The Bertz CT molecular complexity index is 568. The molecule has 0 aliphatic heterocycles. The van der Waals surface area contributed by atoms with Gasteiger partial charge in [-0.25, -0.2) is 0 Å². The highest BCUT2D eigenvalue weighted by Crippen LogP contribution is 2.30. The van der Waals surface area contributed by atoms with Gasteiger partial charge in [-0.1, -0.05) is 0 Å². The van der Waals surface area contributed by atoms with Crippen LogP contribution in [-0.2, 0) is 6.54 Å². The second-order valence-electron chi connectivity index (χ2n) is 4.78. The summed E-state index contributed by atoms with van der Waals surface area (Å²) in [5.74, 6) is 0.737. The number of hydrogen-bond donors (Lipinski definition) is 1. The van der Waals surface area contributed by atoms with Gasteiger partial charge in [0.05, 0.1) is 16.8 Å². The SMILES string of the molecule is Cc1ccsc1C(=O)Nc1cnn(CC2CC2)c1. The monoisotopic (exact) mass is 261 g/mol. The molecule has 3 rings (SSSR count). The number of anilines is 1. The lowest BCUT2D eigenvalue weighted by atomic mass is 10.3. The van der Waals surface area contributed by atoms with Gasteiger partial charge in [-0.2, -0.15) is 5.10 Å². The molecule has 1 fully saturated rings. The van der Waals surface area contributed by atoms with Crippen molar-refractivity contribution < 1.29 is 4.79 Å². The van der Waals surface area contributed by atoms with Crippen molar-refractivity contribution in [3.63, 3.8) is 0 Å². The minimum atomic E-state index is -0.0477. The molecule has 1 saturated carbocycles. The van der Waals surface area contributed by atoms with E-state index in [-0.39, 0.29) is 5.91 Å². The molecule has 0 bridgehead atoms.